The van der Waals surface area contributed by atoms with Crippen molar-refractivity contribution in [2.24, 2.45) is 0 Å². The molecule has 0 heterocycles. The summed E-state index contributed by atoms with van der Waals surface area (Å²) in [7, 11) is -5.15. The predicted octanol–water partition coefficient (Wildman–Crippen LogP) is 8.83. The molecule has 1 fully saturated rings. The summed E-state index contributed by atoms with van der Waals surface area (Å²) in [5.74, 6) is -1.25. The average molecular weight is 905 g/mol. The second-order valence-electron chi connectivity index (χ2n) is 15.2. The SMILES string of the molecule is CC/C=C\C/C=C\C/C=C\C/C=C\C/C=C\CCCC(=O)O[C@H](COC(=O)CCC/C=C\C/C=C\C/C=C\C/C=C\CCCCC)COP(=O)(O)OC1C(O)C(O)C(O)[C@@H](O)C1O. The number of rotatable bonds is 35. The molecule has 0 aromatic carbocycles. The molecule has 0 saturated heterocycles. The fourth-order valence-corrected chi connectivity index (χ4v) is 6.93. The average Bonchev–Trinajstić information content (AvgIpc) is 3.26. The van der Waals surface area contributed by atoms with Gasteiger partial charge in [-0.15, -0.1) is 0 Å². The van der Waals surface area contributed by atoms with Gasteiger partial charge in [-0.05, 0) is 89.9 Å². The predicted molar refractivity (Wildman–Crippen MR) is 248 cm³/mol. The molecular weight excluding hydrogens is 828 g/mol. The van der Waals surface area contributed by atoms with Crippen LogP contribution in [0.15, 0.2) is 109 Å². The van der Waals surface area contributed by atoms with Crippen LogP contribution in [0.4, 0.5) is 0 Å². The first-order chi connectivity index (χ1) is 30.4. The zero-order valence-corrected chi connectivity index (χ0v) is 38.5. The summed E-state index contributed by atoms with van der Waals surface area (Å²) in [6.45, 7) is 3.04. The highest BCUT2D eigenvalue weighted by Gasteiger charge is 2.51. The molecule has 1 aliphatic carbocycles. The molecule has 0 bridgehead atoms. The van der Waals surface area contributed by atoms with Crippen LogP contribution in [-0.2, 0) is 32.7 Å². The van der Waals surface area contributed by atoms with Crippen molar-refractivity contribution in [1.29, 1.82) is 0 Å². The maximum Gasteiger partial charge on any atom is 0.472 e. The molecular formula is C49H77O13P. The Bertz CT molecular complexity index is 1510. The van der Waals surface area contributed by atoms with E-state index in [-0.39, 0.29) is 12.8 Å². The molecule has 1 aliphatic rings. The number of phosphoric ester groups is 1. The van der Waals surface area contributed by atoms with E-state index in [1.807, 2.05) is 24.3 Å². The van der Waals surface area contributed by atoms with Crippen molar-refractivity contribution >= 4 is 19.8 Å². The molecule has 0 spiro atoms. The molecule has 13 nitrogen and oxygen atoms in total. The molecule has 0 radical (unpaired) electrons. The minimum absolute atomic E-state index is 0.000316. The van der Waals surface area contributed by atoms with Gasteiger partial charge in [0.1, 0.15) is 43.2 Å². The second-order valence-corrected chi connectivity index (χ2v) is 16.6. The van der Waals surface area contributed by atoms with Crippen molar-refractivity contribution in [1.82, 2.24) is 0 Å². The summed E-state index contributed by atoms with van der Waals surface area (Å²) in [6.07, 6.45) is 38.7. The van der Waals surface area contributed by atoms with Crippen LogP contribution in [0.25, 0.3) is 0 Å². The van der Waals surface area contributed by atoms with Gasteiger partial charge >= 0.3 is 19.8 Å². The van der Waals surface area contributed by atoms with Crippen molar-refractivity contribution in [3.05, 3.63) is 109 Å². The Hall–Kier alpha value is -3.49. The fourth-order valence-electron chi connectivity index (χ4n) is 5.96. The van der Waals surface area contributed by atoms with Gasteiger partial charge in [0.15, 0.2) is 6.10 Å². The maximum absolute atomic E-state index is 12.8. The first-order valence-electron chi connectivity index (χ1n) is 22.7. The Kier molecular flexibility index (Phi) is 34.6. The lowest BCUT2D eigenvalue weighted by Gasteiger charge is -2.41. The number of allylic oxidation sites excluding steroid dienone is 18. The van der Waals surface area contributed by atoms with Gasteiger partial charge < -0.3 is 39.9 Å². The van der Waals surface area contributed by atoms with E-state index >= 15 is 0 Å². The first-order valence-corrected chi connectivity index (χ1v) is 24.2. The number of phosphoric acid groups is 1. The zero-order chi connectivity index (χ0) is 46.4. The van der Waals surface area contributed by atoms with Crippen LogP contribution in [0.3, 0.4) is 0 Å². The van der Waals surface area contributed by atoms with Crippen molar-refractivity contribution in [3.8, 4) is 0 Å². The van der Waals surface area contributed by atoms with Crippen LogP contribution in [0.2, 0.25) is 0 Å². The van der Waals surface area contributed by atoms with Gasteiger partial charge in [0.25, 0.3) is 0 Å². The number of unbranched alkanes of at least 4 members (excludes halogenated alkanes) is 5. The van der Waals surface area contributed by atoms with Crippen LogP contribution in [-0.4, -0.2) is 98.3 Å². The number of ether oxygens (including phenoxy) is 2. The highest BCUT2D eigenvalue weighted by atomic mass is 31.2. The lowest BCUT2D eigenvalue weighted by Crippen LogP contribution is -2.64. The van der Waals surface area contributed by atoms with E-state index in [0.717, 1.165) is 57.8 Å². The van der Waals surface area contributed by atoms with Gasteiger partial charge in [0.2, 0.25) is 0 Å². The first kappa shape index (κ1) is 57.5. The topological polar surface area (TPSA) is 210 Å². The van der Waals surface area contributed by atoms with Crippen molar-refractivity contribution < 1.29 is 63.1 Å². The third-order valence-electron chi connectivity index (χ3n) is 9.60. The van der Waals surface area contributed by atoms with Gasteiger partial charge in [0, 0.05) is 12.8 Å². The van der Waals surface area contributed by atoms with E-state index in [4.69, 9.17) is 18.5 Å². The lowest BCUT2D eigenvalue weighted by molar-refractivity contribution is -0.220. The van der Waals surface area contributed by atoms with Gasteiger partial charge in [-0.3, -0.25) is 18.6 Å². The molecule has 0 aliphatic heterocycles. The molecule has 14 heteroatoms. The molecule has 6 unspecified atom stereocenters. The maximum atomic E-state index is 12.8. The Balaban J connectivity index is 2.57. The van der Waals surface area contributed by atoms with Crippen LogP contribution >= 0.6 is 7.82 Å². The van der Waals surface area contributed by atoms with Crippen LogP contribution in [0, 0.1) is 0 Å². The molecule has 0 aromatic rings. The van der Waals surface area contributed by atoms with E-state index in [0.29, 0.717) is 25.7 Å². The minimum Gasteiger partial charge on any atom is -0.462 e. The van der Waals surface area contributed by atoms with Crippen LogP contribution in [0.1, 0.15) is 129 Å². The molecule has 8 atom stereocenters. The summed E-state index contributed by atoms with van der Waals surface area (Å²) >= 11 is 0. The van der Waals surface area contributed by atoms with Gasteiger partial charge in [0.05, 0.1) is 6.61 Å². The number of esters is 2. The molecule has 1 rings (SSSR count). The van der Waals surface area contributed by atoms with E-state index < -0.39 is 75.7 Å². The Morgan fingerprint density at radius 1 is 0.508 bits per heavy atom. The summed E-state index contributed by atoms with van der Waals surface area (Å²) in [6, 6.07) is 0. The molecule has 63 heavy (non-hydrogen) atoms. The molecule has 1 saturated carbocycles. The molecule has 0 amide bonds. The van der Waals surface area contributed by atoms with Crippen molar-refractivity contribution in [2.75, 3.05) is 13.2 Å². The number of aliphatic hydroxyl groups excluding tert-OH is 5. The van der Waals surface area contributed by atoms with Crippen LogP contribution < -0.4 is 0 Å². The van der Waals surface area contributed by atoms with Crippen LogP contribution in [0.5, 0.6) is 0 Å². The smallest absolute Gasteiger partial charge is 0.462 e. The highest BCUT2D eigenvalue weighted by Crippen LogP contribution is 2.47. The quantitative estimate of drug-likeness (QED) is 0.0152. The number of carbonyl (C=O) groups excluding carboxylic acids is 2. The van der Waals surface area contributed by atoms with Gasteiger partial charge in [-0.2, -0.15) is 0 Å². The largest absolute Gasteiger partial charge is 0.472 e. The Labute approximate surface area is 376 Å². The standard InChI is InChI=1S/C49H77O13P/c1-3-5-7-9-11-13-15-17-19-21-23-25-27-29-31-33-35-37-42(50)59-39-41(40-60-63(57,58)62-49-47(55)45(53)44(52)46(54)48(49)56)61-43(51)38-36-34-32-30-28-26-24-22-20-18-16-14-12-10-8-6-4-2/h6,8,11-14,17-20,23-26,29-32,41,44-49,52-56H,3-5,7,9-10,15-16,21-22,27-28,33-40H2,1-2H3,(H,57,58)/b8-6-,13-11-,14-12-,19-17-,20-18-,25-23-,26-24-,31-29-,32-30-/t41-,44?,45-,46?,47?,48?,49?/m1/s1. The number of aliphatic hydroxyl groups is 5. The number of carbonyl (C=O) groups is 2. The molecule has 0 aromatic heterocycles. The van der Waals surface area contributed by atoms with E-state index in [1.165, 1.54) is 19.3 Å². The normalized spacial score (nSPS) is 22.7. The lowest BCUT2D eigenvalue weighted by atomic mass is 9.85. The van der Waals surface area contributed by atoms with Gasteiger partial charge in [-0.1, -0.05) is 136 Å². The number of hydrogen-bond donors (Lipinski definition) is 6. The van der Waals surface area contributed by atoms with Gasteiger partial charge in [-0.25, -0.2) is 4.57 Å². The summed E-state index contributed by atoms with van der Waals surface area (Å²) in [5.41, 5.74) is 0. The van der Waals surface area contributed by atoms with Crippen molar-refractivity contribution in [2.45, 2.75) is 172 Å². The molecule has 356 valence electrons. The second kappa shape index (κ2) is 37.8. The highest BCUT2D eigenvalue weighted by molar-refractivity contribution is 7.47. The third-order valence-corrected chi connectivity index (χ3v) is 10.6. The Morgan fingerprint density at radius 2 is 0.889 bits per heavy atom. The summed E-state index contributed by atoms with van der Waals surface area (Å²) in [5, 5.41) is 50.1. The fraction of sp³-hybridized carbons (Fsp3) is 0.592. The van der Waals surface area contributed by atoms with E-state index in [1.54, 1.807) is 0 Å². The monoisotopic (exact) mass is 905 g/mol. The number of hydrogen-bond acceptors (Lipinski definition) is 12. The summed E-state index contributed by atoms with van der Waals surface area (Å²) < 4.78 is 33.4. The Morgan fingerprint density at radius 3 is 1.32 bits per heavy atom. The molecule has 6 N–H and O–H groups in total. The summed E-state index contributed by atoms with van der Waals surface area (Å²) in [4.78, 5) is 35.6. The van der Waals surface area contributed by atoms with E-state index in [9.17, 15) is 44.6 Å². The van der Waals surface area contributed by atoms with E-state index in [2.05, 4.69) is 98.9 Å². The zero-order valence-electron chi connectivity index (χ0n) is 37.6. The third kappa shape index (κ3) is 30.3. The van der Waals surface area contributed by atoms with Crippen molar-refractivity contribution in [3.63, 3.8) is 0 Å². The minimum atomic E-state index is -5.15.